The molecular weight excluding hydrogens is 362 g/mol. The first kappa shape index (κ1) is 18.2. The van der Waals surface area contributed by atoms with Gasteiger partial charge in [-0.1, -0.05) is 30.3 Å². The maximum atomic E-state index is 12.7. The molecule has 29 heavy (non-hydrogen) atoms. The number of nitrogens with zero attached hydrogens (tertiary/aromatic N) is 3. The predicted molar refractivity (Wildman–Crippen MR) is 110 cm³/mol. The maximum Gasteiger partial charge on any atom is 0.212 e. The summed E-state index contributed by atoms with van der Waals surface area (Å²) in [6.45, 7) is 0. The van der Waals surface area contributed by atoms with Crippen molar-refractivity contribution in [3.63, 3.8) is 0 Å². The summed E-state index contributed by atoms with van der Waals surface area (Å²) in [4.78, 5) is 17.0. The molecular formula is C24H17N3O2. The Morgan fingerprint density at radius 3 is 2.59 bits per heavy atom. The molecule has 0 aliphatic heterocycles. The van der Waals surface area contributed by atoms with Gasteiger partial charge in [-0.15, -0.1) is 0 Å². The lowest BCUT2D eigenvalue weighted by molar-refractivity contribution is 0.103. The molecule has 0 saturated carbocycles. The number of benzene rings is 3. The van der Waals surface area contributed by atoms with Crippen LogP contribution in [0.15, 0.2) is 85.3 Å². The summed E-state index contributed by atoms with van der Waals surface area (Å²) in [6.07, 6.45) is 3.33. The van der Waals surface area contributed by atoms with Crippen LogP contribution in [0.3, 0.4) is 0 Å². The third kappa shape index (κ3) is 3.64. The molecule has 1 aromatic heterocycles. The van der Waals surface area contributed by atoms with Crippen LogP contribution < -0.4 is 4.74 Å². The number of ketones is 1. The SMILES string of the molecule is COc1ccc(C(=O)c2cn(-c3cccc(-c4ccccc4C#N)c3)cn2)cc1. The van der Waals surface area contributed by atoms with E-state index in [1.165, 1.54) is 0 Å². The molecule has 0 aliphatic rings. The van der Waals surface area contributed by atoms with Crippen molar-refractivity contribution in [3.05, 3.63) is 102 Å². The van der Waals surface area contributed by atoms with Crippen molar-refractivity contribution in [3.8, 4) is 28.6 Å². The van der Waals surface area contributed by atoms with Crippen molar-refractivity contribution in [2.75, 3.05) is 7.11 Å². The zero-order chi connectivity index (χ0) is 20.2. The van der Waals surface area contributed by atoms with E-state index < -0.39 is 0 Å². The van der Waals surface area contributed by atoms with Gasteiger partial charge in [0.1, 0.15) is 17.8 Å². The molecule has 0 aliphatic carbocycles. The molecule has 0 radical (unpaired) electrons. The Hall–Kier alpha value is -4.17. The van der Waals surface area contributed by atoms with Crippen LogP contribution in [-0.4, -0.2) is 22.4 Å². The van der Waals surface area contributed by atoms with Gasteiger partial charge in [-0.3, -0.25) is 4.79 Å². The monoisotopic (exact) mass is 379 g/mol. The molecule has 0 N–H and O–H groups in total. The fourth-order valence-electron chi connectivity index (χ4n) is 3.14. The normalized spacial score (nSPS) is 10.3. The van der Waals surface area contributed by atoms with Crippen LogP contribution in [-0.2, 0) is 0 Å². The average molecular weight is 379 g/mol. The minimum absolute atomic E-state index is 0.155. The van der Waals surface area contributed by atoms with Crippen LogP contribution in [0.1, 0.15) is 21.6 Å². The van der Waals surface area contributed by atoms with E-state index >= 15 is 0 Å². The van der Waals surface area contributed by atoms with Crippen LogP contribution in [0.4, 0.5) is 0 Å². The molecule has 0 fully saturated rings. The molecule has 0 amide bonds. The molecule has 1 heterocycles. The van der Waals surface area contributed by atoms with E-state index in [0.29, 0.717) is 22.6 Å². The number of carbonyl (C=O) groups is 1. The number of rotatable bonds is 5. The highest BCUT2D eigenvalue weighted by molar-refractivity contribution is 6.07. The fourth-order valence-corrected chi connectivity index (χ4v) is 3.14. The van der Waals surface area contributed by atoms with Gasteiger partial charge in [-0.05, 0) is 53.6 Å². The van der Waals surface area contributed by atoms with E-state index in [1.54, 1.807) is 54.5 Å². The zero-order valence-corrected chi connectivity index (χ0v) is 15.7. The van der Waals surface area contributed by atoms with Crippen molar-refractivity contribution in [1.82, 2.24) is 9.55 Å². The lowest BCUT2D eigenvalue weighted by Gasteiger charge is -2.07. The summed E-state index contributed by atoms with van der Waals surface area (Å²) in [6, 6.07) is 24.4. The first-order valence-corrected chi connectivity index (χ1v) is 9.02. The van der Waals surface area contributed by atoms with Crippen LogP contribution >= 0.6 is 0 Å². The summed E-state index contributed by atoms with van der Waals surface area (Å²) in [5, 5.41) is 9.36. The molecule has 5 heteroatoms. The molecule has 0 spiro atoms. The lowest BCUT2D eigenvalue weighted by atomic mass is 10.00. The number of nitriles is 1. The topological polar surface area (TPSA) is 67.9 Å². The van der Waals surface area contributed by atoms with Gasteiger partial charge >= 0.3 is 0 Å². The Balaban J connectivity index is 1.64. The van der Waals surface area contributed by atoms with Gasteiger partial charge in [-0.25, -0.2) is 4.98 Å². The second-order valence-corrected chi connectivity index (χ2v) is 6.43. The Kier molecular flexibility index (Phi) is 4.91. The second-order valence-electron chi connectivity index (χ2n) is 6.43. The van der Waals surface area contributed by atoms with Gasteiger partial charge < -0.3 is 9.30 Å². The highest BCUT2D eigenvalue weighted by atomic mass is 16.5. The molecule has 0 saturated heterocycles. The van der Waals surface area contributed by atoms with Gasteiger partial charge in [0.15, 0.2) is 0 Å². The minimum atomic E-state index is -0.155. The Bertz CT molecular complexity index is 1220. The van der Waals surface area contributed by atoms with E-state index in [0.717, 1.165) is 16.8 Å². The second kappa shape index (κ2) is 7.83. The first-order chi connectivity index (χ1) is 14.2. The lowest BCUT2D eigenvalue weighted by Crippen LogP contribution is -2.01. The fraction of sp³-hybridized carbons (Fsp3) is 0.0417. The highest BCUT2D eigenvalue weighted by Crippen LogP contribution is 2.25. The molecule has 140 valence electrons. The Morgan fingerprint density at radius 2 is 1.83 bits per heavy atom. The average Bonchev–Trinajstić information content (AvgIpc) is 3.29. The van der Waals surface area contributed by atoms with Gasteiger partial charge in [0.2, 0.25) is 5.78 Å². The standard InChI is InChI=1S/C24H17N3O2/c1-29-21-11-9-17(10-12-21)24(28)23-15-27(16-26-23)20-7-4-6-18(13-20)22-8-3-2-5-19(22)14-25/h2-13,15-16H,1H3. The molecule has 4 aromatic rings. The number of ether oxygens (including phenoxy) is 1. The number of carbonyl (C=O) groups excluding carboxylic acids is 1. The predicted octanol–water partition coefficient (Wildman–Crippen LogP) is 4.65. The summed E-state index contributed by atoms with van der Waals surface area (Å²) in [5.41, 5.74) is 4.18. The van der Waals surface area contributed by atoms with Crippen molar-refractivity contribution < 1.29 is 9.53 Å². The number of hydrogen-bond donors (Lipinski definition) is 0. The van der Waals surface area contributed by atoms with Gasteiger partial charge in [-0.2, -0.15) is 5.26 Å². The van der Waals surface area contributed by atoms with E-state index in [2.05, 4.69) is 11.1 Å². The van der Waals surface area contributed by atoms with Crippen LogP contribution in [0, 0.1) is 11.3 Å². The summed E-state index contributed by atoms with van der Waals surface area (Å²) >= 11 is 0. The largest absolute Gasteiger partial charge is 0.497 e. The van der Waals surface area contributed by atoms with Crippen LogP contribution in [0.25, 0.3) is 16.8 Å². The first-order valence-electron chi connectivity index (χ1n) is 9.02. The quantitative estimate of drug-likeness (QED) is 0.473. The molecule has 0 atom stereocenters. The van der Waals surface area contributed by atoms with Crippen molar-refractivity contribution in [2.24, 2.45) is 0 Å². The molecule has 4 rings (SSSR count). The van der Waals surface area contributed by atoms with Crippen LogP contribution in [0.2, 0.25) is 0 Å². The molecule has 0 bridgehead atoms. The molecule has 5 nitrogen and oxygen atoms in total. The Morgan fingerprint density at radius 1 is 1.03 bits per heavy atom. The third-order valence-corrected chi connectivity index (χ3v) is 4.67. The van der Waals surface area contributed by atoms with Gasteiger partial charge in [0.25, 0.3) is 0 Å². The maximum absolute atomic E-state index is 12.7. The number of methoxy groups -OCH3 is 1. The zero-order valence-electron chi connectivity index (χ0n) is 15.7. The van der Waals surface area contributed by atoms with Gasteiger partial charge in [0, 0.05) is 17.4 Å². The number of aromatic nitrogens is 2. The van der Waals surface area contributed by atoms with E-state index in [9.17, 15) is 10.1 Å². The highest BCUT2D eigenvalue weighted by Gasteiger charge is 2.13. The van der Waals surface area contributed by atoms with Crippen molar-refractivity contribution >= 4 is 5.78 Å². The minimum Gasteiger partial charge on any atom is -0.497 e. The number of imidazole rings is 1. The summed E-state index contributed by atoms with van der Waals surface area (Å²) < 4.78 is 6.93. The molecule has 3 aromatic carbocycles. The van der Waals surface area contributed by atoms with Crippen LogP contribution in [0.5, 0.6) is 5.75 Å². The third-order valence-electron chi connectivity index (χ3n) is 4.67. The summed E-state index contributed by atoms with van der Waals surface area (Å²) in [7, 11) is 1.58. The van der Waals surface area contributed by atoms with Crippen molar-refractivity contribution in [1.29, 1.82) is 5.26 Å². The summed E-state index contributed by atoms with van der Waals surface area (Å²) in [5.74, 6) is 0.541. The van der Waals surface area contributed by atoms with Gasteiger partial charge in [0.05, 0.1) is 18.7 Å². The smallest absolute Gasteiger partial charge is 0.212 e. The van der Waals surface area contributed by atoms with E-state index in [4.69, 9.17) is 4.74 Å². The van der Waals surface area contributed by atoms with Crippen molar-refractivity contribution in [2.45, 2.75) is 0 Å². The van der Waals surface area contributed by atoms with E-state index in [-0.39, 0.29) is 5.78 Å². The number of hydrogen-bond acceptors (Lipinski definition) is 4. The Labute approximate surface area is 168 Å². The molecule has 0 unspecified atom stereocenters. The van der Waals surface area contributed by atoms with E-state index in [1.807, 2.05) is 42.5 Å².